The number of fused-ring (bicyclic) bond motifs is 1. The summed E-state index contributed by atoms with van der Waals surface area (Å²) in [6.45, 7) is 3.47. The fourth-order valence-electron chi connectivity index (χ4n) is 2.07. The van der Waals surface area contributed by atoms with Gasteiger partial charge in [-0.1, -0.05) is 25.1 Å². The smallest absolute Gasteiger partial charge is 0.383 e. The molecule has 0 saturated carbocycles. The lowest BCUT2D eigenvalue weighted by Crippen LogP contribution is -2.09. The summed E-state index contributed by atoms with van der Waals surface area (Å²) in [6.07, 6.45) is 5.40. The van der Waals surface area contributed by atoms with Crippen LogP contribution in [-0.2, 0) is 4.79 Å². The number of benzene rings is 1. The molecule has 1 heterocycles. The maximum Gasteiger partial charge on any atom is 0.383 e. The second-order valence-electron chi connectivity index (χ2n) is 4.81. The third-order valence-corrected chi connectivity index (χ3v) is 3.01. The van der Waals surface area contributed by atoms with Gasteiger partial charge in [-0.25, -0.2) is 4.79 Å². The van der Waals surface area contributed by atoms with E-state index in [1.54, 1.807) is 6.07 Å². The Kier molecular flexibility index (Phi) is 5.41. The summed E-state index contributed by atoms with van der Waals surface area (Å²) in [5.74, 6) is -1.13. The van der Waals surface area contributed by atoms with Crippen LogP contribution in [0.25, 0.3) is 11.0 Å². The molecule has 2 aromatic rings. The van der Waals surface area contributed by atoms with Crippen molar-refractivity contribution in [3.8, 4) is 17.2 Å². The van der Waals surface area contributed by atoms with E-state index in [2.05, 4.69) is 0 Å². The third kappa shape index (κ3) is 3.91. The highest BCUT2D eigenvalue weighted by Gasteiger charge is 2.19. The number of carbonyl (C=O) groups is 1. The van der Waals surface area contributed by atoms with E-state index in [0.717, 1.165) is 6.42 Å². The molecule has 0 unspecified atom stereocenters. The van der Waals surface area contributed by atoms with Crippen molar-refractivity contribution < 1.29 is 23.8 Å². The molecule has 6 nitrogen and oxygen atoms in total. The molecule has 1 N–H and O–H groups in total. The molecule has 0 aliphatic heterocycles. The van der Waals surface area contributed by atoms with E-state index in [1.165, 1.54) is 19.1 Å². The highest BCUT2D eigenvalue weighted by molar-refractivity contribution is 5.92. The van der Waals surface area contributed by atoms with Gasteiger partial charge in [0.05, 0.1) is 6.61 Å². The highest BCUT2D eigenvalue weighted by atomic mass is 16.5. The van der Waals surface area contributed by atoms with Crippen LogP contribution in [0.15, 0.2) is 39.6 Å². The largest absolute Gasteiger partial charge is 0.503 e. The Labute approximate surface area is 132 Å². The molecule has 2 rings (SSSR count). The average molecular weight is 318 g/mol. The fraction of sp³-hybridized carbons (Fsp3) is 0.294. The van der Waals surface area contributed by atoms with Crippen molar-refractivity contribution >= 4 is 16.9 Å². The van der Waals surface area contributed by atoms with E-state index in [0.29, 0.717) is 6.42 Å². The van der Waals surface area contributed by atoms with Gasteiger partial charge in [0.1, 0.15) is 16.7 Å². The van der Waals surface area contributed by atoms with Crippen molar-refractivity contribution in [2.24, 2.45) is 0 Å². The molecule has 0 aliphatic carbocycles. The third-order valence-electron chi connectivity index (χ3n) is 3.01. The maximum atomic E-state index is 11.9. The van der Waals surface area contributed by atoms with E-state index in [9.17, 15) is 14.7 Å². The monoisotopic (exact) mass is 318 g/mol. The summed E-state index contributed by atoms with van der Waals surface area (Å²) in [5.41, 5.74) is -0.668. The molecule has 0 spiro atoms. The lowest BCUT2D eigenvalue weighted by molar-refractivity contribution is -0.131. The molecule has 0 atom stereocenters. The number of esters is 1. The number of hydrogen-bond donors (Lipinski definition) is 1. The van der Waals surface area contributed by atoms with Gasteiger partial charge in [-0.3, -0.25) is 4.79 Å². The second kappa shape index (κ2) is 7.49. The van der Waals surface area contributed by atoms with Gasteiger partial charge in [-0.05, 0) is 25.0 Å². The van der Waals surface area contributed by atoms with Crippen LogP contribution in [0.4, 0.5) is 0 Å². The number of ether oxygens (including phenoxy) is 2. The maximum absolute atomic E-state index is 11.9. The Bertz CT molecular complexity index is 788. The van der Waals surface area contributed by atoms with Crippen LogP contribution in [0.3, 0.4) is 0 Å². The van der Waals surface area contributed by atoms with E-state index in [4.69, 9.17) is 13.9 Å². The first-order chi connectivity index (χ1) is 11.0. The summed E-state index contributed by atoms with van der Waals surface area (Å²) < 4.78 is 15.5. The molecule has 122 valence electrons. The number of allylic oxidation sites excluding steroid dienone is 1. The standard InChI is InChI=1S/C17H18O6/c1-3-4-5-6-10-21-16-15(19)14-12(22-11(2)18)8-7-9-13(14)23-17(16)20/h4-5,7-9,19H,3,6,10H2,1-2H3. The first-order valence-electron chi connectivity index (χ1n) is 7.29. The van der Waals surface area contributed by atoms with Gasteiger partial charge >= 0.3 is 11.6 Å². The minimum Gasteiger partial charge on any atom is -0.503 e. The van der Waals surface area contributed by atoms with Crippen LogP contribution in [-0.4, -0.2) is 17.7 Å². The Hall–Kier alpha value is -2.76. The summed E-state index contributed by atoms with van der Waals surface area (Å²) in [6, 6.07) is 4.55. The minimum absolute atomic E-state index is 0.104. The predicted octanol–water partition coefficient (Wildman–Crippen LogP) is 3.16. The van der Waals surface area contributed by atoms with Gasteiger partial charge in [0.25, 0.3) is 0 Å². The van der Waals surface area contributed by atoms with Gasteiger partial charge in [-0.2, -0.15) is 0 Å². The van der Waals surface area contributed by atoms with Crippen LogP contribution in [0, 0.1) is 0 Å². The molecule has 0 saturated heterocycles. The average Bonchev–Trinajstić information content (AvgIpc) is 2.49. The first kappa shape index (κ1) is 16.6. The molecule has 0 fully saturated rings. The van der Waals surface area contributed by atoms with Crippen molar-refractivity contribution in [2.75, 3.05) is 6.61 Å². The van der Waals surface area contributed by atoms with Gasteiger partial charge in [0, 0.05) is 6.92 Å². The van der Waals surface area contributed by atoms with E-state index >= 15 is 0 Å². The number of hydrogen-bond acceptors (Lipinski definition) is 6. The van der Waals surface area contributed by atoms with Gasteiger partial charge in [0.15, 0.2) is 5.75 Å². The Morgan fingerprint density at radius 1 is 1.35 bits per heavy atom. The van der Waals surface area contributed by atoms with Crippen molar-refractivity contribution in [3.63, 3.8) is 0 Å². The van der Waals surface area contributed by atoms with Crippen molar-refractivity contribution in [1.29, 1.82) is 0 Å². The van der Waals surface area contributed by atoms with Gasteiger partial charge in [0.2, 0.25) is 5.75 Å². The lowest BCUT2D eigenvalue weighted by atomic mass is 10.2. The molecule has 23 heavy (non-hydrogen) atoms. The van der Waals surface area contributed by atoms with E-state index < -0.39 is 17.3 Å². The number of rotatable bonds is 6. The van der Waals surface area contributed by atoms with Crippen molar-refractivity contribution in [1.82, 2.24) is 0 Å². The summed E-state index contributed by atoms with van der Waals surface area (Å²) in [5, 5.41) is 10.5. The molecule has 0 aliphatic rings. The topological polar surface area (TPSA) is 86.0 Å². The molecule has 1 aromatic carbocycles. The molecule has 1 aromatic heterocycles. The minimum atomic E-state index is -0.783. The summed E-state index contributed by atoms with van der Waals surface area (Å²) in [7, 11) is 0. The fourth-order valence-corrected chi connectivity index (χ4v) is 2.07. The van der Waals surface area contributed by atoms with E-state index in [1.807, 2.05) is 19.1 Å². The molecular weight excluding hydrogens is 300 g/mol. The van der Waals surface area contributed by atoms with Crippen LogP contribution in [0.5, 0.6) is 17.2 Å². The normalized spacial score (nSPS) is 11.0. The first-order valence-corrected chi connectivity index (χ1v) is 7.29. The molecule has 0 amide bonds. The van der Waals surface area contributed by atoms with Crippen molar-refractivity contribution in [2.45, 2.75) is 26.7 Å². The number of carbonyl (C=O) groups excluding carboxylic acids is 1. The van der Waals surface area contributed by atoms with Crippen LogP contribution in [0.1, 0.15) is 26.7 Å². The van der Waals surface area contributed by atoms with Crippen LogP contribution in [0.2, 0.25) is 0 Å². The zero-order valence-electron chi connectivity index (χ0n) is 13.0. The zero-order chi connectivity index (χ0) is 16.8. The highest BCUT2D eigenvalue weighted by Crippen LogP contribution is 2.37. The molecule has 6 heteroatoms. The van der Waals surface area contributed by atoms with E-state index in [-0.39, 0.29) is 29.1 Å². The van der Waals surface area contributed by atoms with Gasteiger partial charge in [-0.15, -0.1) is 0 Å². The Morgan fingerprint density at radius 3 is 2.83 bits per heavy atom. The van der Waals surface area contributed by atoms with Crippen molar-refractivity contribution in [3.05, 3.63) is 40.8 Å². The molecular formula is C17H18O6. The summed E-state index contributed by atoms with van der Waals surface area (Å²) >= 11 is 0. The zero-order valence-corrected chi connectivity index (χ0v) is 13.0. The van der Waals surface area contributed by atoms with Gasteiger partial charge < -0.3 is 19.0 Å². The van der Waals surface area contributed by atoms with Crippen LogP contribution >= 0.6 is 0 Å². The summed E-state index contributed by atoms with van der Waals surface area (Å²) in [4.78, 5) is 23.1. The number of aromatic hydroxyl groups is 1. The quantitative estimate of drug-likeness (QED) is 0.289. The Morgan fingerprint density at radius 2 is 2.13 bits per heavy atom. The lowest BCUT2D eigenvalue weighted by Gasteiger charge is -2.10. The molecule has 0 radical (unpaired) electrons. The van der Waals surface area contributed by atoms with Crippen LogP contribution < -0.4 is 15.1 Å². The Balaban J connectivity index is 2.39. The SMILES string of the molecule is CCC=CCCOc1c(O)c2c(OC(C)=O)cccc2oc1=O. The molecule has 0 bridgehead atoms. The second-order valence-corrected chi connectivity index (χ2v) is 4.81. The predicted molar refractivity (Wildman–Crippen MR) is 85.0 cm³/mol.